The normalized spacial score (nSPS) is 12.2. The van der Waals surface area contributed by atoms with E-state index in [1.807, 2.05) is 13.8 Å². The van der Waals surface area contributed by atoms with Gasteiger partial charge >= 0.3 is 5.69 Å². The molecule has 0 aliphatic carbocycles. The molecule has 1 unspecified atom stereocenters. The van der Waals surface area contributed by atoms with E-state index < -0.39 is 11.0 Å². The molecule has 1 rings (SSSR count). The fraction of sp³-hybridized carbons (Fsp3) is 0.538. The molecule has 0 saturated heterocycles. The van der Waals surface area contributed by atoms with Crippen molar-refractivity contribution in [2.24, 2.45) is 0 Å². The van der Waals surface area contributed by atoms with Crippen molar-refractivity contribution < 1.29 is 19.5 Å². The van der Waals surface area contributed by atoms with Gasteiger partial charge in [-0.2, -0.15) is 0 Å². The van der Waals surface area contributed by atoms with Crippen molar-refractivity contribution in [3.63, 3.8) is 0 Å². The van der Waals surface area contributed by atoms with Crippen molar-refractivity contribution in [2.75, 3.05) is 20.3 Å². The van der Waals surface area contributed by atoms with E-state index in [9.17, 15) is 15.2 Å². The summed E-state index contributed by atoms with van der Waals surface area (Å²) < 4.78 is 10.2. The van der Waals surface area contributed by atoms with E-state index in [-0.39, 0.29) is 24.1 Å². The Labute approximate surface area is 117 Å². The zero-order chi connectivity index (χ0) is 15.1. The molecule has 20 heavy (non-hydrogen) atoms. The first kappa shape index (κ1) is 16.2. The predicted molar refractivity (Wildman–Crippen MR) is 74.3 cm³/mol. The van der Waals surface area contributed by atoms with Gasteiger partial charge in [0.2, 0.25) is 0 Å². The van der Waals surface area contributed by atoms with Crippen LogP contribution in [0.3, 0.4) is 0 Å². The van der Waals surface area contributed by atoms with Gasteiger partial charge in [-0.05, 0) is 12.1 Å². The molecule has 1 aromatic carbocycles. The van der Waals surface area contributed by atoms with Gasteiger partial charge < -0.3 is 19.9 Å². The summed E-state index contributed by atoms with van der Waals surface area (Å²) in [5.74, 6) is 0.491. The van der Waals surface area contributed by atoms with E-state index >= 15 is 0 Å². The maximum atomic E-state index is 10.9. The summed E-state index contributed by atoms with van der Waals surface area (Å²) in [6, 6.07) is 4.58. The number of hydrogen-bond acceptors (Lipinski definition) is 6. The Morgan fingerprint density at radius 2 is 2.15 bits per heavy atom. The molecule has 0 fully saturated rings. The highest BCUT2D eigenvalue weighted by atomic mass is 16.6. The van der Waals surface area contributed by atoms with Crippen LogP contribution in [-0.4, -0.2) is 42.4 Å². The van der Waals surface area contributed by atoms with Gasteiger partial charge in [-0.15, -0.1) is 0 Å². The first-order valence-electron chi connectivity index (χ1n) is 6.30. The van der Waals surface area contributed by atoms with Gasteiger partial charge in [0.1, 0.15) is 18.5 Å². The summed E-state index contributed by atoms with van der Waals surface area (Å²) >= 11 is 0. The van der Waals surface area contributed by atoms with Gasteiger partial charge in [0, 0.05) is 12.6 Å². The minimum Gasteiger partial charge on any atom is -0.491 e. The molecule has 0 aromatic heterocycles. The van der Waals surface area contributed by atoms with Crippen LogP contribution in [0.1, 0.15) is 13.8 Å². The van der Waals surface area contributed by atoms with Crippen molar-refractivity contribution >= 4 is 5.69 Å². The van der Waals surface area contributed by atoms with Crippen LogP contribution in [-0.2, 0) is 0 Å². The minimum atomic E-state index is -0.682. The molecule has 0 radical (unpaired) electrons. The van der Waals surface area contributed by atoms with Crippen molar-refractivity contribution in [3.8, 4) is 11.5 Å². The molecular weight excluding hydrogens is 264 g/mol. The number of aliphatic hydroxyl groups excluding tert-OH is 1. The van der Waals surface area contributed by atoms with Gasteiger partial charge in [0.25, 0.3) is 0 Å². The number of nitro groups is 1. The third-order valence-electron chi connectivity index (χ3n) is 2.55. The lowest BCUT2D eigenvalue weighted by Gasteiger charge is -2.15. The summed E-state index contributed by atoms with van der Waals surface area (Å²) in [5.41, 5.74) is -0.167. The quantitative estimate of drug-likeness (QED) is 0.552. The number of ether oxygens (including phenoxy) is 2. The first-order valence-corrected chi connectivity index (χ1v) is 6.30. The lowest BCUT2D eigenvalue weighted by molar-refractivity contribution is -0.385. The lowest BCUT2D eigenvalue weighted by Crippen LogP contribution is -2.35. The molecule has 1 aromatic rings. The predicted octanol–water partition coefficient (Wildman–Crippen LogP) is 1.34. The largest absolute Gasteiger partial charge is 0.491 e. The SMILES string of the molecule is COc1ccc(OCC(O)CNC(C)C)cc1[N+](=O)[O-]. The Balaban J connectivity index is 2.60. The number of nitro benzene ring substituents is 1. The number of rotatable bonds is 8. The molecule has 0 aliphatic rings. The fourth-order valence-electron chi connectivity index (χ4n) is 1.53. The van der Waals surface area contributed by atoms with Crippen LogP contribution < -0.4 is 14.8 Å². The van der Waals surface area contributed by atoms with E-state index in [4.69, 9.17) is 9.47 Å². The monoisotopic (exact) mass is 284 g/mol. The lowest BCUT2D eigenvalue weighted by atomic mass is 10.2. The van der Waals surface area contributed by atoms with Crippen molar-refractivity contribution in [1.82, 2.24) is 5.32 Å². The maximum Gasteiger partial charge on any atom is 0.314 e. The molecule has 2 N–H and O–H groups in total. The molecule has 0 amide bonds. The van der Waals surface area contributed by atoms with E-state index in [1.165, 1.54) is 19.2 Å². The highest BCUT2D eigenvalue weighted by Gasteiger charge is 2.16. The topological polar surface area (TPSA) is 93.9 Å². The second-order valence-electron chi connectivity index (χ2n) is 4.62. The first-order chi connectivity index (χ1) is 9.43. The van der Waals surface area contributed by atoms with Gasteiger partial charge in [-0.25, -0.2) is 0 Å². The third-order valence-corrected chi connectivity index (χ3v) is 2.55. The van der Waals surface area contributed by atoms with Crippen LogP contribution in [0, 0.1) is 10.1 Å². The zero-order valence-corrected chi connectivity index (χ0v) is 11.8. The molecule has 0 heterocycles. The van der Waals surface area contributed by atoms with Crippen LogP contribution >= 0.6 is 0 Å². The van der Waals surface area contributed by atoms with Gasteiger partial charge in [0.05, 0.1) is 18.1 Å². The highest BCUT2D eigenvalue weighted by molar-refractivity contribution is 5.50. The highest BCUT2D eigenvalue weighted by Crippen LogP contribution is 2.30. The van der Waals surface area contributed by atoms with E-state index in [0.29, 0.717) is 12.3 Å². The second kappa shape index (κ2) is 7.66. The fourth-order valence-corrected chi connectivity index (χ4v) is 1.53. The van der Waals surface area contributed by atoms with E-state index in [1.54, 1.807) is 6.07 Å². The number of nitrogens with zero attached hydrogens (tertiary/aromatic N) is 1. The van der Waals surface area contributed by atoms with Crippen molar-refractivity contribution in [3.05, 3.63) is 28.3 Å². The molecule has 1 atom stereocenters. The van der Waals surface area contributed by atoms with Crippen molar-refractivity contribution in [2.45, 2.75) is 26.0 Å². The van der Waals surface area contributed by atoms with Crippen LogP contribution in [0.5, 0.6) is 11.5 Å². The Morgan fingerprint density at radius 3 is 2.70 bits per heavy atom. The molecule has 7 nitrogen and oxygen atoms in total. The summed E-state index contributed by atoms with van der Waals surface area (Å²) in [6.45, 7) is 4.40. The summed E-state index contributed by atoms with van der Waals surface area (Å²) in [5, 5.41) is 23.6. The third kappa shape index (κ3) is 5.02. The smallest absolute Gasteiger partial charge is 0.314 e. The van der Waals surface area contributed by atoms with E-state index in [2.05, 4.69) is 5.32 Å². The average Bonchev–Trinajstić information content (AvgIpc) is 2.42. The number of nitrogens with one attached hydrogen (secondary N) is 1. The number of methoxy groups -OCH3 is 1. The van der Waals surface area contributed by atoms with Crippen LogP contribution in [0.2, 0.25) is 0 Å². The maximum absolute atomic E-state index is 10.9. The van der Waals surface area contributed by atoms with Crippen molar-refractivity contribution in [1.29, 1.82) is 0 Å². The van der Waals surface area contributed by atoms with Crippen LogP contribution in [0.15, 0.2) is 18.2 Å². The summed E-state index contributed by atoms with van der Waals surface area (Å²) in [6.07, 6.45) is -0.682. The Kier molecular flexibility index (Phi) is 6.20. The molecular formula is C13H20N2O5. The second-order valence-corrected chi connectivity index (χ2v) is 4.62. The zero-order valence-electron chi connectivity index (χ0n) is 11.8. The molecule has 7 heteroatoms. The number of benzene rings is 1. The molecule has 0 aliphatic heterocycles. The van der Waals surface area contributed by atoms with Gasteiger partial charge in [-0.3, -0.25) is 10.1 Å². The summed E-state index contributed by atoms with van der Waals surface area (Å²) in [4.78, 5) is 10.3. The van der Waals surface area contributed by atoms with E-state index in [0.717, 1.165) is 0 Å². The minimum absolute atomic E-state index is 0.0587. The molecule has 112 valence electrons. The van der Waals surface area contributed by atoms with Crippen LogP contribution in [0.25, 0.3) is 0 Å². The molecule has 0 saturated carbocycles. The van der Waals surface area contributed by atoms with Crippen LogP contribution in [0.4, 0.5) is 5.69 Å². The van der Waals surface area contributed by atoms with Gasteiger partial charge in [0.15, 0.2) is 5.75 Å². The van der Waals surface area contributed by atoms with Gasteiger partial charge in [-0.1, -0.05) is 13.8 Å². The Hall–Kier alpha value is -1.86. The average molecular weight is 284 g/mol. The Bertz CT molecular complexity index is 450. The molecule has 0 bridgehead atoms. The Morgan fingerprint density at radius 1 is 1.45 bits per heavy atom. The standard InChI is InChI=1S/C13H20N2O5/c1-9(2)14-7-10(16)8-20-11-4-5-13(19-3)12(6-11)15(17)18/h4-6,9-10,14,16H,7-8H2,1-3H3. The number of hydrogen-bond donors (Lipinski definition) is 2. The summed E-state index contributed by atoms with van der Waals surface area (Å²) in [7, 11) is 1.37. The molecule has 0 spiro atoms. The number of aliphatic hydroxyl groups is 1.